The Morgan fingerprint density at radius 3 is 2.00 bits per heavy atom. The average Bonchev–Trinajstić information content (AvgIpc) is 3.33. The van der Waals surface area contributed by atoms with Gasteiger partial charge in [0.25, 0.3) is 0 Å². The lowest BCUT2D eigenvalue weighted by Gasteiger charge is -2.26. The molecular formula is C30H33N5OS. The summed E-state index contributed by atoms with van der Waals surface area (Å²) in [6.45, 7) is 3.68. The molecule has 0 bridgehead atoms. The van der Waals surface area contributed by atoms with Gasteiger partial charge in [-0.2, -0.15) is 0 Å². The van der Waals surface area contributed by atoms with Crippen LogP contribution in [0.2, 0.25) is 0 Å². The summed E-state index contributed by atoms with van der Waals surface area (Å²) in [7, 11) is 0. The molecule has 4 aromatic rings. The van der Waals surface area contributed by atoms with Crippen LogP contribution in [0.3, 0.4) is 0 Å². The highest BCUT2D eigenvalue weighted by molar-refractivity contribution is 7.99. The van der Waals surface area contributed by atoms with Gasteiger partial charge in [-0.15, -0.1) is 10.2 Å². The van der Waals surface area contributed by atoms with Crippen molar-refractivity contribution in [1.82, 2.24) is 25.0 Å². The molecule has 7 heteroatoms. The molecule has 1 aliphatic heterocycles. The number of amides is 1. The lowest BCUT2D eigenvalue weighted by molar-refractivity contribution is -0.119. The third kappa shape index (κ3) is 6.87. The van der Waals surface area contributed by atoms with E-state index >= 15 is 0 Å². The zero-order valence-electron chi connectivity index (χ0n) is 21.0. The average molecular weight is 512 g/mol. The summed E-state index contributed by atoms with van der Waals surface area (Å²) in [6.07, 6.45) is 3.77. The second-order valence-corrected chi connectivity index (χ2v) is 10.4. The zero-order chi connectivity index (χ0) is 25.3. The van der Waals surface area contributed by atoms with Crippen LogP contribution in [0.1, 0.15) is 47.8 Å². The van der Waals surface area contributed by atoms with E-state index in [0.717, 1.165) is 41.7 Å². The molecule has 3 aromatic carbocycles. The number of nitrogens with zero attached hydrogens (tertiary/aromatic N) is 4. The first-order chi connectivity index (χ1) is 18.3. The van der Waals surface area contributed by atoms with Crippen LogP contribution in [0.25, 0.3) is 0 Å². The number of hydrogen-bond donors (Lipinski definition) is 1. The summed E-state index contributed by atoms with van der Waals surface area (Å²) < 4.78 is 2.17. The van der Waals surface area contributed by atoms with Crippen molar-refractivity contribution in [2.75, 3.05) is 18.8 Å². The van der Waals surface area contributed by atoms with E-state index in [1.54, 1.807) is 0 Å². The standard InChI is InChI=1S/C30H33N5OS/c36-28(31-29(25-15-7-2-8-16-25)26-17-9-3-10-18-26)23-37-30-33-32-27(22-34-19-11-4-12-20-34)35(30)21-24-13-5-1-6-14-24/h1-3,5-10,13-18,29H,4,11-12,19-23H2,(H,31,36). The van der Waals surface area contributed by atoms with E-state index in [-0.39, 0.29) is 17.7 Å². The molecule has 0 unspecified atom stereocenters. The van der Waals surface area contributed by atoms with Crippen LogP contribution >= 0.6 is 11.8 Å². The van der Waals surface area contributed by atoms with E-state index < -0.39 is 0 Å². The molecule has 2 heterocycles. The number of likely N-dealkylation sites (tertiary alicyclic amines) is 1. The number of thioether (sulfide) groups is 1. The highest BCUT2D eigenvalue weighted by atomic mass is 32.2. The quantitative estimate of drug-likeness (QED) is 0.292. The third-order valence-electron chi connectivity index (χ3n) is 6.69. The van der Waals surface area contributed by atoms with Crippen molar-refractivity contribution < 1.29 is 4.79 Å². The van der Waals surface area contributed by atoms with E-state index in [2.05, 4.69) is 73.5 Å². The number of aromatic nitrogens is 3. The van der Waals surface area contributed by atoms with Gasteiger partial charge in [-0.05, 0) is 42.6 Å². The van der Waals surface area contributed by atoms with E-state index in [1.807, 2.05) is 42.5 Å². The molecule has 37 heavy (non-hydrogen) atoms. The van der Waals surface area contributed by atoms with Gasteiger partial charge in [0, 0.05) is 0 Å². The SMILES string of the molecule is O=C(CSc1nnc(CN2CCCCC2)n1Cc1ccccc1)NC(c1ccccc1)c1ccccc1. The lowest BCUT2D eigenvalue weighted by Crippen LogP contribution is -2.31. The predicted octanol–water partition coefficient (Wildman–Crippen LogP) is 5.31. The Balaban J connectivity index is 1.30. The number of nitrogens with one attached hydrogen (secondary N) is 1. The summed E-state index contributed by atoms with van der Waals surface area (Å²) >= 11 is 1.45. The second-order valence-electron chi connectivity index (χ2n) is 9.42. The van der Waals surface area contributed by atoms with Crippen LogP contribution in [0.15, 0.2) is 96.2 Å². The Bertz CT molecular complexity index is 1220. The molecule has 6 nitrogen and oxygen atoms in total. The minimum atomic E-state index is -0.202. The van der Waals surface area contributed by atoms with Gasteiger partial charge in [-0.25, -0.2) is 0 Å². The Morgan fingerprint density at radius 1 is 0.784 bits per heavy atom. The van der Waals surface area contributed by atoms with Crippen LogP contribution in [-0.4, -0.2) is 44.4 Å². The summed E-state index contributed by atoms with van der Waals surface area (Å²) in [4.78, 5) is 15.6. The number of piperidine rings is 1. The minimum Gasteiger partial charge on any atom is -0.344 e. The molecule has 0 atom stereocenters. The Hall–Kier alpha value is -3.42. The van der Waals surface area contributed by atoms with E-state index in [1.165, 1.54) is 36.6 Å². The molecule has 5 rings (SSSR count). The van der Waals surface area contributed by atoms with Crippen molar-refractivity contribution in [1.29, 1.82) is 0 Å². The van der Waals surface area contributed by atoms with Gasteiger partial charge in [0.15, 0.2) is 5.16 Å². The maximum Gasteiger partial charge on any atom is 0.231 e. The van der Waals surface area contributed by atoms with Crippen molar-refractivity contribution in [3.05, 3.63) is 114 Å². The van der Waals surface area contributed by atoms with E-state index in [0.29, 0.717) is 6.54 Å². The highest BCUT2D eigenvalue weighted by Gasteiger charge is 2.20. The summed E-state index contributed by atoms with van der Waals surface area (Å²) in [5, 5.41) is 13.1. The second kappa shape index (κ2) is 12.7. The summed E-state index contributed by atoms with van der Waals surface area (Å²) in [5.74, 6) is 1.20. The van der Waals surface area contributed by atoms with Crippen molar-refractivity contribution in [3.63, 3.8) is 0 Å². The molecule has 1 aromatic heterocycles. The van der Waals surface area contributed by atoms with Gasteiger partial charge in [0.2, 0.25) is 5.91 Å². The van der Waals surface area contributed by atoms with Gasteiger partial charge in [0.1, 0.15) is 5.82 Å². The molecule has 1 N–H and O–H groups in total. The van der Waals surface area contributed by atoms with Crippen LogP contribution in [0.5, 0.6) is 0 Å². The molecule has 1 saturated heterocycles. The molecule has 1 fully saturated rings. The van der Waals surface area contributed by atoms with Crippen LogP contribution in [-0.2, 0) is 17.9 Å². The topological polar surface area (TPSA) is 63.1 Å². The third-order valence-corrected chi connectivity index (χ3v) is 7.66. The largest absolute Gasteiger partial charge is 0.344 e. The number of hydrogen-bond acceptors (Lipinski definition) is 5. The van der Waals surface area contributed by atoms with Crippen LogP contribution in [0, 0.1) is 0 Å². The van der Waals surface area contributed by atoms with Gasteiger partial charge in [0.05, 0.1) is 24.9 Å². The first-order valence-corrected chi connectivity index (χ1v) is 14.0. The number of benzene rings is 3. The van der Waals surface area contributed by atoms with Crippen LogP contribution in [0.4, 0.5) is 0 Å². The fourth-order valence-electron chi connectivity index (χ4n) is 4.77. The van der Waals surface area contributed by atoms with Gasteiger partial charge >= 0.3 is 0 Å². The van der Waals surface area contributed by atoms with Gasteiger partial charge in [-0.1, -0.05) is 109 Å². The molecule has 0 aliphatic carbocycles. The maximum absolute atomic E-state index is 13.2. The molecule has 0 radical (unpaired) electrons. The van der Waals surface area contributed by atoms with Crippen molar-refractivity contribution in [2.24, 2.45) is 0 Å². The van der Waals surface area contributed by atoms with Gasteiger partial charge in [-0.3, -0.25) is 9.69 Å². The van der Waals surface area contributed by atoms with Crippen molar-refractivity contribution >= 4 is 17.7 Å². The van der Waals surface area contributed by atoms with Crippen LogP contribution < -0.4 is 5.32 Å². The molecular weight excluding hydrogens is 478 g/mol. The first kappa shape index (κ1) is 25.2. The highest BCUT2D eigenvalue weighted by Crippen LogP contribution is 2.24. The first-order valence-electron chi connectivity index (χ1n) is 13.0. The molecule has 0 spiro atoms. The number of carbonyl (C=O) groups is 1. The number of rotatable bonds is 10. The molecule has 190 valence electrons. The number of carbonyl (C=O) groups excluding carboxylic acids is 1. The van der Waals surface area contributed by atoms with Gasteiger partial charge < -0.3 is 9.88 Å². The zero-order valence-corrected chi connectivity index (χ0v) is 21.8. The monoisotopic (exact) mass is 511 g/mol. The summed E-state index contributed by atoms with van der Waals surface area (Å²) in [6, 6.07) is 30.4. The predicted molar refractivity (Wildman–Crippen MR) is 148 cm³/mol. The Kier molecular flexibility index (Phi) is 8.66. The molecule has 1 amide bonds. The lowest BCUT2D eigenvalue weighted by atomic mass is 9.99. The Morgan fingerprint density at radius 2 is 1.38 bits per heavy atom. The summed E-state index contributed by atoms with van der Waals surface area (Å²) in [5.41, 5.74) is 3.31. The van der Waals surface area contributed by atoms with Crippen molar-refractivity contribution in [3.8, 4) is 0 Å². The Labute approximate surface area is 223 Å². The smallest absolute Gasteiger partial charge is 0.231 e. The minimum absolute atomic E-state index is 0.0328. The normalized spacial score (nSPS) is 14.1. The maximum atomic E-state index is 13.2. The fraction of sp³-hybridized carbons (Fsp3) is 0.300. The fourth-order valence-corrected chi connectivity index (χ4v) is 5.54. The van der Waals surface area contributed by atoms with Crippen molar-refractivity contribution in [2.45, 2.75) is 43.6 Å². The van der Waals surface area contributed by atoms with E-state index in [4.69, 9.17) is 0 Å². The van der Waals surface area contributed by atoms with E-state index in [9.17, 15) is 4.79 Å². The molecule has 0 saturated carbocycles. The molecule has 1 aliphatic rings.